The predicted molar refractivity (Wildman–Crippen MR) is 73.7 cm³/mol. The lowest BCUT2D eigenvalue weighted by molar-refractivity contribution is -0.891. The fourth-order valence-corrected chi connectivity index (χ4v) is 1.80. The number of halogens is 1. The summed E-state index contributed by atoms with van der Waals surface area (Å²) in [5.74, 6) is 0. The van der Waals surface area contributed by atoms with Gasteiger partial charge in [0.15, 0.2) is 0 Å². The van der Waals surface area contributed by atoms with E-state index in [1.807, 2.05) is 0 Å². The summed E-state index contributed by atoms with van der Waals surface area (Å²) >= 11 is 5.71. The molecule has 0 amide bonds. The van der Waals surface area contributed by atoms with E-state index in [1.54, 1.807) is 0 Å². The summed E-state index contributed by atoms with van der Waals surface area (Å²) in [7, 11) is 4.63. The van der Waals surface area contributed by atoms with Crippen LogP contribution in [0.15, 0.2) is 0 Å². The number of hydrogen-bond donors (Lipinski definition) is 1. The van der Waals surface area contributed by atoms with E-state index in [1.165, 1.54) is 38.8 Å². The zero-order valence-electron chi connectivity index (χ0n) is 11.8. The van der Waals surface area contributed by atoms with E-state index >= 15 is 0 Å². The van der Waals surface area contributed by atoms with Crippen molar-refractivity contribution >= 4 is 11.8 Å². The molecule has 0 heterocycles. The van der Waals surface area contributed by atoms with Crippen molar-refractivity contribution in [3.05, 3.63) is 0 Å². The maximum Gasteiger partial charge on any atom is 0.0800 e. The van der Waals surface area contributed by atoms with Crippen LogP contribution in [0.25, 0.3) is 0 Å². The Bertz CT molecular complexity index is 179. The molecular formula is C13H30ClN2+. The highest BCUT2D eigenvalue weighted by Gasteiger charge is 2.22. The van der Waals surface area contributed by atoms with Gasteiger partial charge in [0.2, 0.25) is 0 Å². The minimum absolute atomic E-state index is 0.0422. The first-order valence-corrected chi connectivity index (χ1v) is 6.90. The summed E-state index contributed by atoms with van der Waals surface area (Å²) in [6.45, 7) is 9.01. The van der Waals surface area contributed by atoms with Gasteiger partial charge in [-0.1, -0.05) is 19.8 Å². The fourth-order valence-electron chi connectivity index (χ4n) is 1.71. The average Bonchev–Trinajstić information content (AvgIpc) is 2.22. The Hall–Kier alpha value is 0.210. The smallest absolute Gasteiger partial charge is 0.0800 e. The molecule has 0 aromatic carbocycles. The quantitative estimate of drug-likeness (QED) is 0.374. The van der Waals surface area contributed by atoms with Crippen molar-refractivity contribution in [2.24, 2.45) is 0 Å². The molecule has 2 nitrogen and oxygen atoms in total. The van der Waals surface area contributed by atoms with Crippen molar-refractivity contribution in [3.8, 4) is 0 Å². The van der Waals surface area contributed by atoms with Crippen molar-refractivity contribution in [3.63, 3.8) is 0 Å². The maximum absolute atomic E-state index is 5.71. The molecule has 0 aliphatic rings. The predicted octanol–water partition coefficient (Wildman–Crippen LogP) is 3.56. The van der Waals surface area contributed by atoms with Gasteiger partial charge in [0.05, 0.1) is 27.2 Å². The highest BCUT2D eigenvalue weighted by Crippen LogP contribution is 2.13. The molecule has 1 N–H and O–H groups in total. The first-order chi connectivity index (χ1) is 7.33. The Balaban J connectivity index is 3.77. The molecular weight excluding hydrogens is 220 g/mol. The van der Waals surface area contributed by atoms with Crippen LogP contribution < -0.4 is 4.84 Å². The highest BCUT2D eigenvalue weighted by atomic mass is 35.5. The van der Waals surface area contributed by atoms with Crippen molar-refractivity contribution in [1.82, 2.24) is 4.84 Å². The minimum Gasteiger partial charge on any atom is -0.328 e. The average molecular weight is 250 g/mol. The van der Waals surface area contributed by atoms with Crippen LogP contribution in [0.1, 0.15) is 52.9 Å². The number of nitrogens with one attached hydrogen (secondary N) is 1. The number of nitrogens with zero attached hydrogens (tertiary/aromatic N) is 1. The minimum atomic E-state index is 0.0422. The van der Waals surface area contributed by atoms with Gasteiger partial charge < -0.3 is 4.48 Å². The highest BCUT2D eigenvalue weighted by molar-refractivity contribution is 6.13. The Labute approximate surface area is 107 Å². The normalized spacial score (nSPS) is 13.1. The van der Waals surface area contributed by atoms with Gasteiger partial charge in [-0.3, -0.25) is 0 Å². The van der Waals surface area contributed by atoms with E-state index in [0.29, 0.717) is 0 Å². The third kappa shape index (κ3) is 8.37. The fraction of sp³-hybridized carbons (Fsp3) is 1.00. The molecule has 0 aliphatic heterocycles. The molecule has 0 unspecified atom stereocenters. The summed E-state index contributed by atoms with van der Waals surface area (Å²) in [6.07, 6.45) is 6.51. The largest absolute Gasteiger partial charge is 0.328 e. The summed E-state index contributed by atoms with van der Waals surface area (Å²) in [6, 6.07) is 0. The van der Waals surface area contributed by atoms with Crippen LogP contribution in [0.5, 0.6) is 0 Å². The molecule has 0 saturated heterocycles. The van der Waals surface area contributed by atoms with Gasteiger partial charge in [0.25, 0.3) is 0 Å². The number of quaternary nitrogens is 1. The van der Waals surface area contributed by atoms with Crippen LogP contribution in [0.2, 0.25) is 0 Å². The monoisotopic (exact) mass is 249 g/mol. The molecule has 0 fully saturated rings. The lowest BCUT2D eigenvalue weighted by atomic mass is 10.0. The molecule has 0 aromatic rings. The Morgan fingerprint density at radius 2 is 1.69 bits per heavy atom. The Morgan fingerprint density at radius 3 is 2.19 bits per heavy atom. The number of rotatable bonds is 9. The van der Waals surface area contributed by atoms with E-state index in [0.717, 1.165) is 10.9 Å². The van der Waals surface area contributed by atoms with Gasteiger partial charge in [-0.2, -0.15) is 0 Å². The van der Waals surface area contributed by atoms with Gasteiger partial charge in [0, 0.05) is 12.0 Å². The van der Waals surface area contributed by atoms with Gasteiger partial charge in [-0.05, 0) is 38.5 Å². The zero-order valence-corrected chi connectivity index (χ0v) is 12.5. The lowest BCUT2D eigenvalue weighted by Gasteiger charge is -2.33. The maximum atomic E-state index is 5.71. The molecule has 98 valence electrons. The first kappa shape index (κ1) is 16.2. The standard InChI is InChI=1S/C13H30ClN2/c1-6-7-8-9-11-16(4,5)12-10-13(2,3)15-14/h15H,6-12H2,1-5H3/q+1. The van der Waals surface area contributed by atoms with Gasteiger partial charge in [-0.15, -0.1) is 0 Å². The summed E-state index contributed by atoms with van der Waals surface area (Å²) in [5.41, 5.74) is 0.0422. The van der Waals surface area contributed by atoms with Gasteiger partial charge >= 0.3 is 0 Å². The molecule has 16 heavy (non-hydrogen) atoms. The van der Waals surface area contributed by atoms with Crippen LogP contribution in [0.3, 0.4) is 0 Å². The van der Waals surface area contributed by atoms with Crippen molar-refractivity contribution in [2.75, 3.05) is 27.2 Å². The molecule has 0 radical (unpaired) electrons. The van der Waals surface area contributed by atoms with E-state index in [4.69, 9.17) is 11.8 Å². The van der Waals surface area contributed by atoms with Crippen LogP contribution >= 0.6 is 11.8 Å². The molecule has 0 aromatic heterocycles. The molecule has 3 heteroatoms. The van der Waals surface area contributed by atoms with Crippen molar-refractivity contribution in [2.45, 2.75) is 58.4 Å². The van der Waals surface area contributed by atoms with Crippen molar-refractivity contribution < 1.29 is 4.48 Å². The van der Waals surface area contributed by atoms with Crippen LogP contribution in [0, 0.1) is 0 Å². The topological polar surface area (TPSA) is 12.0 Å². The van der Waals surface area contributed by atoms with Gasteiger partial charge in [0.1, 0.15) is 0 Å². The van der Waals surface area contributed by atoms with E-state index < -0.39 is 0 Å². The SMILES string of the molecule is CCCCCC[N+](C)(C)CCC(C)(C)NCl. The molecule has 0 atom stereocenters. The Morgan fingerprint density at radius 1 is 1.06 bits per heavy atom. The second kappa shape index (κ2) is 7.52. The zero-order chi connectivity index (χ0) is 12.7. The molecule has 0 bridgehead atoms. The second-order valence-electron chi connectivity index (χ2n) is 6.17. The number of hydrogen-bond acceptors (Lipinski definition) is 1. The van der Waals surface area contributed by atoms with E-state index in [-0.39, 0.29) is 5.54 Å². The van der Waals surface area contributed by atoms with Crippen LogP contribution in [0.4, 0.5) is 0 Å². The lowest BCUT2D eigenvalue weighted by Crippen LogP contribution is -2.46. The first-order valence-electron chi connectivity index (χ1n) is 6.53. The second-order valence-corrected chi connectivity index (χ2v) is 6.36. The molecule has 0 saturated carbocycles. The van der Waals surface area contributed by atoms with Crippen molar-refractivity contribution in [1.29, 1.82) is 0 Å². The third-order valence-corrected chi connectivity index (χ3v) is 3.73. The van der Waals surface area contributed by atoms with Gasteiger partial charge in [-0.25, -0.2) is 4.84 Å². The van der Waals surface area contributed by atoms with E-state index in [9.17, 15) is 0 Å². The molecule has 0 aliphatic carbocycles. The molecule has 0 spiro atoms. The number of unbranched alkanes of at least 4 members (excludes halogenated alkanes) is 3. The summed E-state index contributed by atoms with van der Waals surface area (Å²) in [4.78, 5) is 2.85. The summed E-state index contributed by atoms with van der Waals surface area (Å²) < 4.78 is 1.10. The third-order valence-electron chi connectivity index (χ3n) is 3.21. The summed E-state index contributed by atoms with van der Waals surface area (Å²) in [5, 5.41) is 0. The van der Waals surface area contributed by atoms with Crippen LogP contribution in [-0.4, -0.2) is 37.2 Å². The van der Waals surface area contributed by atoms with Crippen LogP contribution in [-0.2, 0) is 0 Å². The van der Waals surface area contributed by atoms with E-state index in [2.05, 4.69) is 39.7 Å². The Kier molecular flexibility index (Phi) is 7.62. The molecule has 0 rings (SSSR count).